The fourth-order valence-corrected chi connectivity index (χ4v) is 5.31. The number of benzene rings is 2. The van der Waals surface area contributed by atoms with Crippen molar-refractivity contribution in [3.63, 3.8) is 0 Å². The van der Waals surface area contributed by atoms with E-state index in [9.17, 15) is 4.79 Å². The molecule has 1 amide bonds. The van der Waals surface area contributed by atoms with Crippen LogP contribution in [0.5, 0.6) is 11.5 Å². The van der Waals surface area contributed by atoms with E-state index in [0.717, 1.165) is 12.1 Å². The van der Waals surface area contributed by atoms with Crippen LogP contribution in [0.25, 0.3) is 22.4 Å². The Morgan fingerprint density at radius 3 is 2.52 bits per heavy atom. The Bertz CT molecular complexity index is 1950. The number of methoxy groups -OCH3 is 2. The monoisotopic (exact) mass is 659 g/mol. The number of aromatic nitrogens is 5. The Hall–Kier alpha value is -5.37. The molecule has 0 saturated carbocycles. The second kappa shape index (κ2) is 13.4. The van der Waals surface area contributed by atoms with Crippen molar-refractivity contribution in [3.8, 4) is 23.0 Å². The van der Waals surface area contributed by atoms with Crippen molar-refractivity contribution in [2.75, 3.05) is 32.8 Å². The lowest BCUT2D eigenvalue weighted by atomic mass is 10.1. The van der Waals surface area contributed by atoms with Gasteiger partial charge in [0.15, 0.2) is 11.6 Å². The van der Waals surface area contributed by atoms with Gasteiger partial charge in [-0.05, 0) is 32.9 Å². The van der Waals surface area contributed by atoms with Crippen LogP contribution in [0.3, 0.4) is 0 Å². The summed E-state index contributed by atoms with van der Waals surface area (Å²) in [7, 11) is 3.05. The summed E-state index contributed by atoms with van der Waals surface area (Å²) in [5.41, 5.74) is 2.06. The molecule has 0 aliphatic carbocycles. The van der Waals surface area contributed by atoms with Crippen LogP contribution in [0.4, 0.5) is 25.1 Å². The van der Waals surface area contributed by atoms with E-state index in [1.165, 1.54) is 18.9 Å². The summed E-state index contributed by atoms with van der Waals surface area (Å²) in [6.07, 6.45) is 2.71. The first kappa shape index (κ1) is 32.6. The maximum absolute atomic E-state index is 15.2. The van der Waals surface area contributed by atoms with E-state index in [1.54, 1.807) is 44.1 Å². The first-order valence-electron chi connectivity index (χ1n) is 15.2. The summed E-state index contributed by atoms with van der Waals surface area (Å²) < 4.78 is 53.4. The standard InChI is InChI=1S/C34H35F2N7O5/c1-34(2,3)48-33(44)42-17-23-27(19-42)39-32(40-31(23)38-26-10-11-37-16-29(26)46-5)30-21-8-6-7-9-28(21)43(41-30)18-22-24(35)14-20(15-25(22)36)47-13-12-45-4/h6-11,14-16H,12-13,17-19H2,1-5H3,(H,37,38,39,40). The molecule has 1 N–H and O–H groups in total. The summed E-state index contributed by atoms with van der Waals surface area (Å²) in [6, 6.07) is 11.3. The van der Waals surface area contributed by atoms with Gasteiger partial charge in [-0.1, -0.05) is 18.2 Å². The predicted molar refractivity (Wildman–Crippen MR) is 173 cm³/mol. The lowest BCUT2D eigenvalue weighted by Crippen LogP contribution is -2.33. The summed E-state index contributed by atoms with van der Waals surface area (Å²) in [4.78, 5) is 28.5. The quantitative estimate of drug-likeness (QED) is 0.172. The van der Waals surface area contributed by atoms with E-state index in [0.29, 0.717) is 45.1 Å². The molecule has 0 radical (unpaired) electrons. The Morgan fingerprint density at radius 2 is 1.79 bits per heavy atom. The molecular weight excluding hydrogens is 624 g/mol. The van der Waals surface area contributed by atoms with Gasteiger partial charge in [0.05, 0.1) is 56.4 Å². The van der Waals surface area contributed by atoms with Crippen LogP contribution in [0.2, 0.25) is 0 Å². The third-order valence-corrected chi connectivity index (χ3v) is 7.54. The van der Waals surface area contributed by atoms with Crippen LogP contribution >= 0.6 is 0 Å². The van der Waals surface area contributed by atoms with E-state index < -0.39 is 23.3 Å². The molecule has 12 nitrogen and oxygen atoms in total. The maximum Gasteiger partial charge on any atom is 0.410 e. The average Bonchev–Trinajstić information content (AvgIpc) is 3.65. The maximum atomic E-state index is 15.2. The fraction of sp³-hybridized carbons (Fsp3) is 0.324. The minimum absolute atomic E-state index is 0.0645. The molecule has 48 heavy (non-hydrogen) atoms. The normalized spacial score (nSPS) is 12.7. The molecule has 0 spiro atoms. The number of carbonyl (C=O) groups is 1. The van der Waals surface area contributed by atoms with Gasteiger partial charge in [-0.15, -0.1) is 0 Å². The molecule has 1 aliphatic rings. The van der Waals surface area contributed by atoms with Gasteiger partial charge >= 0.3 is 6.09 Å². The third kappa shape index (κ3) is 6.83. The molecule has 0 unspecified atom stereocenters. The predicted octanol–water partition coefficient (Wildman–Crippen LogP) is 6.24. The molecule has 3 aromatic heterocycles. The molecule has 0 bridgehead atoms. The van der Waals surface area contributed by atoms with Crippen molar-refractivity contribution in [1.29, 1.82) is 0 Å². The van der Waals surface area contributed by atoms with E-state index in [2.05, 4.69) is 10.3 Å². The highest BCUT2D eigenvalue weighted by Crippen LogP contribution is 2.36. The highest BCUT2D eigenvalue weighted by atomic mass is 19.1. The zero-order chi connectivity index (χ0) is 34.0. The van der Waals surface area contributed by atoms with Gasteiger partial charge in [0, 0.05) is 42.0 Å². The zero-order valence-corrected chi connectivity index (χ0v) is 27.2. The molecule has 5 aromatic rings. The van der Waals surface area contributed by atoms with Gasteiger partial charge in [0.2, 0.25) is 0 Å². The summed E-state index contributed by atoms with van der Waals surface area (Å²) >= 11 is 0. The van der Waals surface area contributed by atoms with E-state index in [1.807, 2.05) is 24.3 Å². The van der Waals surface area contributed by atoms with Crippen molar-refractivity contribution in [3.05, 3.63) is 83.3 Å². The molecule has 0 atom stereocenters. The van der Waals surface area contributed by atoms with E-state index in [-0.39, 0.29) is 50.0 Å². The van der Waals surface area contributed by atoms with Crippen molar-refractivity contribution in [2.45, 2.75) is 46.0 Å². The molecule has 1 aliphatic heterocycles. The molecule has 0 fully saturated rings. The number of nitrogens with zero attached hydrogens (tertiary/aromatic N) is 6. The largest absolute Gasteiger partial charge is 0.493 e. The number of carbonyl (C=O) groups excluding carboxylic acids is 1. The van der Waals surface area contributed by atoms with Crippen molar-refractivity contribution < 1.29 is 32.5 Å². The molecular formula is C34H35F2N7O5. The first-order chi connectivity index (χ1) is 23.0. The van der Waals surface area contributed by atoms with Crippen LogP contribution < -0.4 is 14.8 Å². The Balaban J connectivity index is 1.41. The number of rotatable bonds is 10. The number of ether oxygens (including phenoxy) is 4. The lowest BCUT2D eigenvalue weighted by molar-refractivity contribution is 0.0241. The van der Waals surface area contributed by atoms with Gasteiger partial charge in [-0.3, -0.25) is 14.6 Å². The van der Waals surface area contributed by atoms with Crippen LogP contribution in [-0.2, 0) is 29.1 Å². The van der Waals surface area contributed by atoms with Gasteiger partial charge in [0.1, 0.15) is 41.1 Å². The van der Waals surface area contributed by atoms with Crippen LogP contribution in [0.15, 0.2) is 54.9 Å². The van der Waals surface area contributed by atoms with Crippen LogP contribution in [0.1, 0.15) is 37.6 Å². The molecule has 6 rings (SSSR count). The number of fused-ring (bicyclic) bond motifs is 2. The molecule has 14 heteroatoms. The van der Waals surface area contributed by atoms with Gasteiger partial charge in [-0.2, -0.15) is 5.10 Å². The number of pyridine rings is 1. The second-order valence-corrected chi connectivity index (χ2v) is 12.1. The SMILES string of the molecule is COCCOc1cc(F)c(Cn2nc(-c3nc4c(c(Nc5ccncc5OC)n3)CN(C(=O)OC(C)(C)C)C4)c3ccccc32)c(F)c1. The highest BCUT2D eigenvalue weighted by Gasteiger charge is 2.32. The summed E-state index contributed by atoms with van der Waals surface area (Å²) in [5, 5.41) is 8.77. The van der Waals surface area contributed by atoms with Gasteiger partial charge in [-0.25, -0.2) is 23.5 Å². The summed E-state index contributed by atoms with van der Waals surface area (Å²) in [6.45, 7) is 6.03. The van der Waals surface area contributed by atoms with E-state index in [4.69, 9.17) is 34.0 Å². The number of halogens is 2. The minimum atomic E-state index is -0.766. The van der Waals surface area contributed by atoms with Gasteiger partial charge < -0.3 is 24.3 Å². The molecule has 2 aromatic carbocycles. The van der Waals surface area contributed by atoms with Crippen LogP contribution in [0, 0.1) is 11.6 Å². The first-order valence-corrected chi connectivity index (χ1v) is 15.2. The Morgan fingerprint density at radius 1 is 1.02 bits per heavy atom. The van der Waals surface area contributed by atoms with Gasteiger partial charge in [0.25, 0.3) is 0 Å². The number of hydrogen-bond donors (Lipinski definition) is 1. The Kier molecular flexibility index (Phi) is 9.09. The van der Waals surface area contributed by atoms with Crippen molar-refractivity contribution in [2.24, 2.45) is 0 Å². The highest BCUT2D eigenvalue weighted by molar-refractivity contribution is 5.92. The number of nitrogens with one attached hydrogen (secondary N) is 1. The Labute approximate surface area is 275 Å². The minimum Gasteiger partial charge on any atom is -0.493 e. The molecule has 4 heterocycles. The molecule has 0 saturated heterocycles. The number of amides is 1. The smallest absolute Gasteiger partial charge is 0.410 e. The van der Waals surface area contributed by atoms with Crippen molar-refractivity contribution in [1.82, 2.24) is 29.6 Å². The number of hydrogen-bond acceptors (Lipinski definition) is 10. The summed E-state index contributed by atoms with van der Waals surface area (Å²) in [5.74, 6) is -0.287. The number of para-hydroxylation sites is 1. The second-order valence-electron chi connectivity index (χ2n) is 12.1. The fourth-order valence-electron chi connectivity index (χ4n) is 5.31. The van der Waals surface area contributed by atoms with E-state index >= 15 is 8.78 Å². The van der Waals surface area contributed by atoms with Crippen LogP contribution in [-0.4, -0.2) is 68.8 Å². The number of anilines is 2. The molecule has 250 valence electrons. The zero-order valence-electron chi connectivity index (χ0n) is 27.2. The average molecular weight is 660 g/mol. The third-order valence-electron chi connectivity index (χ3n) is 7.54. The lowest BCUT2D eigenvalue weighted by Gasteiger charge is -2.24. The topological polar surface area (TPSA) is 126 Å². The van der Waals surface area contributed by atoms with Crippen molar-refractivity contribution >= 4 is 28.5 Å².